The molecule has 2 unspecified atom stereocenters. The van der Waals surface area contributed by atoms with E-state index in [0.29, 0.717) is 12.2 Å². The van der Waals surface area contributed by atoms with Crippen LogP contribution in [-0.4, -0.2) is 40.3 Å². The van der Waals surface area contributed by atoms with E-state index in [9.17, 15) is 9.00 Å². The lowest BCUT2D eigenvalue weighted by Crippen LogP contribution is -2.16. The monoisotopic (exact) mass is 306 g/mol. The van der Waals surface area contributed by atoms with Crippen LogP contribution in [0.4, 0.5) is 0 Å². The van der Waals surface area contributed by atoms with Crippen molar-refractivity contribution in [3.63, 3.8) is 0 Å². The maximum Gasteiger partial charge on any atom is 0.132 e. The smallest absolute Gasteiger partial charge is 0.132 e. The molecule has 0 saturated heterocycles. The zero-order valence-electron chi connectivity index (χ0n) is 11.4. The molecule has 0 aromatic carbocycles. The molecule has 0 fully saturated rings. The van der Waals surface area contributed by atoms with Gasteiger partial charge in [-0.05, 0) is 37.1 Å². The Morgan fingerprint density at radius 3 is 2.74 bits per heavy atom. The van der Waals surface area contributed by atoms with Crippen LogP contribution in [0.1, 0.15) is 26.2 Å². The number of rotatable bonds is 8. The summed E-state index contributed by atoms with van der Waals surface area (Å²) in [6.07, 6.45) is 1.86. The van der Waals surface area contributed by atoms with Crippen molar-refractivity contribution in [3.8, 4) is 0 Å². The predicted molar refractivity (Wildman–Crippen MR) is 81.7 cm³/mol. The lowest BCUT2D eigenvalue weighted by atomic mass is 10.1. The second-order valence-electron chi connectivity index (χ2n) is 4.35. The number of carbonyl (C=O) groups is 1. The third-order valence-electron chi connectivity index (χ3n) is 2.71. The molecule has 1 rings (SSSR count). The van der Waals surface area contributed by atoms with E-state index in [2.05, 4.69) is 5.87 Å². The van der Waals surface area contributed by atoms with Crippen molar-refractivity contribution < 1.29 is 19.2 Å². The molecule has 6 heteroatoms. The molecule has 0 amide bonds. The summed E-state index contributed by atoms with van der Waals surface area (Å²) in [4.78, 5) is 11.0. The molecule has 0 radical (unpaired) electrons. The fourth-order valence-electron chi connectivity index (χ4n) is 1.74. The summed E-state index contributed by atoms with van der Waals surface area (Å²) in [6, 6.07) is 3.75. The largest absolute Gasteiger partial charge is 0.412 e. The molecule has 0 saturated carbocycles. The van der Waals surface area contributed by atoms with Crippen LogP contribution in [-0.2, 0) is 19.1 Å². The maximum absolute atomic E-state index is 12.3. The molecular formula is C13H22O4S2. The van der Waals surface area contributed by atoms with E-state index < -0.39 is 9.52 Å². The predicted octanol–water partition coefficient (Wildman–Crippen LogP) is 1.77. The highest BCUT2D eigenvalue weighted by Crippen LogP contribution is 2.19. The first-order chi connectivity index (χ1) is 8.45. The summed E-state index contributed by atoms with van der Waals surface area (Å²) >= 11 is 1.48. The van der Waals surface area contributed by atoms with Crippen LogP contribution in [0, 0.1) is 0 Å². The number of carbonyl (C=O) groups excluding carboxylic acids is 1. The minimum Gasteiger partial charge on any atom is -0.412 e. The lowest BCUT2D eigenvalue weighted by Gasteiger charge is -2.14. The van der Waals surface area contributed by atoms with E-state index in [0.717, 1.165) is 17.1 Å². The van der Waals surface area contributed by atoms with Gasteiger partial charge in [0, 0.05) is 28.8 Å². The summed E-state index contributed by atoms with van der Waals surface area (Å²) in [5, 5.41) is 1.91. The third kappa shape index (κ3) is 6.33. The van der Waals surface area contributed by atoms with E-state index in [-0.39, 0.29) is 17.4 Å². The number of thiophene rings is 1. The molecule has 0 aliphatic carbocycles. The normalized spacial score (nSPS) is 15.3. The first-order valence-corrected chi connectivity index (χ1v) is 8.64. The zero-order valence-corrected chi connectivity index (χ0v) is 13.0. The van der Waals surface area contributed by atoms with Crippen molar-refractivity contribution in [3.05, 3.63) is 17.5 Å². The van der Waals surface area contributed by atoms with Crippen LogP contribution in [0.2, 0.25) is 0 Å². The number of Topliss-reactive ketones (excluding diaryl/α,β-unsaturated/α-hetero) is 1. The number of methoxy groups -OCH3 is 1. The highest BCUT2D eigenvalue weighted by atomic mass is 32.2. The molecule has 2 N–H and O–H groups in total. The van der Waals surface area contributed by atoms with E-state index in [1.807, 2.05) is 17.5 Å². The Kier molecular flexibility index (Phi) is 8.17. The van der Waals surface area contributed by atoms with Crippen molar-refractivity contribution in [1.82, 2.24) is 0 Å². The minimum absolute atomic E-state index is 0. The summed E-state index contributed by atoms with van der Waals surface area (Å²) in [7, 11) is -0.566. The van der Waals surface area contributed by atoms with Gasteiger partial charge < -0.3 is 10.2 Å². The molecule has 0 bridgehead atoms. The van der Waals surface area contributed by atoms with E-state index in [1.54, 1.807) is 14.0 Å². The van der Waals surface area contributed by atoms with Crippen LogP contribution < -0.4 is 0 Å². The van der Waals surface area contributed by atoms with E-state index in [4.69, 9.17) is 4.74 Å². The van der Waals surface area contributed by atoms with Gasteiger partial charge in [0.1, 0.15) is 5.78 Å². The molecular weight excluding hydrogens is 284 g/mol. The molecule has 0 spiro atoms. The molecule has 19 heavy (non-hydrogen) atoms. The van der Waals surface area contributed by atoms with Gasteiger partial charge in [0.05, 0.1) is 10.3 Å². The highest BCUT2D eigenvalue weighted by molar-refractivity contribution is 8.02. The van der Waals surface area contributed by atoms with Gasteiger partial charge in [-0.3, -0.25) is 9.00 Å². The van der Waals surface area contributed by atoms with Gasteiger partial charge in [0.15, 0.2) is 0 Å². The van der Waals surface area contributed by atoms with Crippen LogP contribution in [0.3, 0.4) is 0 Å². The summed E-state index contributed by atoms with van der Waals surface area (Å²) in [5.41, 5.74) is 0. The van der Waals surface area contributed by atoms with Crippen molar-refractivity contribution in [2.24, 2.45) is 0 Å². The molecule has 1 aromatic rings. The van der Waals surface area contributed by atoms with Gasteiger partial charge in [0.25, 0.3) is 0 Å². The summed E-state index contributed by atoms with van der Waals surface area (Å²) < 4.78 is 18.4. The van der Waals surface area contributed by atoms with E-state index >= 15 is 0 Å². The first kappa shape index (κ1) is 18.3. The Bertz CT molecular complexity index is 463. The van der Waals surface area contributed by atoms with Crippen LogP contribution >= 0.6 is 11.3 Å². The molecule has 1 heterocycles. The van der Waals surface area contributed by atoms with Crippen molar-refractivity contribution >= 4 is 32.5 Å². The van der Waals surface area contributed by atoms with Crippen molar-refractivity contribution in [2.75, 3.05) is 12.9 Å². The molecule has 0 aliphatic heterocycles. The SMILES string of the molecule is C=S(=O)(CCCC(CC(C)=O)OC)c1cccs1.O. The molecule has 2 atom stereocenters. The molecule has 0 aliphatic rings. The number of ether oxygens (including phenoxy) is 1. The van der Waals surface area contributed by atoms with Gasteiger partial charge in [-0.15, -0.1) is 11.3 Å². The topological polar surface area (TPSA) is 74.9 Å². The zero-order chi connectivity index (χ0) is 13.6. The van der Waals surface area contributed by atoms with Gasteiger partial charge in [0.2, 0.25) is 0 Å². The molecule has 4 nitrogen and oxygen atoms in total. The average Bonchev–Trinajstić information content (AvgIpc) is 2.81. The van der Waals surface area contributed by atoms with Crippen LogP contribution in [0.15, 0.2) is 21.7 Å². The first-order valence-electron chi connectivity index (χ1n) is 5.86. The fraction of sp³-hybridized carbons (Fsp3) is 0.538. The Morgan fingerprint density at radius 2 is 2.26 bits per heavy atom. The van der Waals surface area contributed by atoms with Crippen LogP contribution in [0.5, 0.6) is 0 Å². The quantitative estimate of drug-likeness (QED) is 0.687. The standard InChI is InChI=1S/C13H20O3S2.H2O/c1-11(14)10-12(16-2)6-5-9-18(3,15)13-7-4-8-17-13;/h4,7-8,12H,3,5-6,9-10H2,1-2H3;1H2. The van der Waals surface area contributed by atoms with E-state index in [1.165, 1.54) is 11.3 Å². The van der Waals surface area contributed by atoms with Gasteiger partial charge >= 0.3 is 0 Å². The Hall–Kier alpha value is -0.690. The second kappa shape index (κ2) is 8.47. The maximum atomic E-state index is 12.3. The average molecular weight is 306 g/mol. The third-order valence-corrected chi connectivity index (χ3v) is 6.39. The van der Waals surface area contributed by atoms with Gasteiger partial charge in [-0.1, -0.05) is 6.07 Å². The second-order valence-corrected chi connectivity index (χ2v) is 8.03. The Labute approximate surface area is 119 Å². The summed E-state index contributed by atoms with van der Waals surface area (Å²) in [5.74, 6) is 4.49. The lowest BCUT2D eigenvalue weighted by molar-refractivity contribution is -0.119. The van der Waals surface area contributed by atoms with Gasteiger partial charge in [-0.25, -0.2) is 0 Å². The number of hydrogen-bond donors (Lipinski definition) is 0. The summed E-state index contributed by atoms with van der Waals surface area (Å²) in [6.45, 7) is 1.56. The highest BCUT2D eigenvalue weighted by Gasteiger charge is 2.13. The van der Waals surface area contributed by atoms with Crippen molar-refractivity contribution in [1.29, 1.82) is 0 Å². The Balaban J connectivity index is 0.00000324. The fourth-order valence-corrected chi connectivity index (χ4v) is 4.47. The Morgan fingerprint density at radius 1 is 1.58 bits per heavy atom. The number of hydrogen-bond acceptors (Lipinski definition) is 4. The van der Waals surface area contributed by atoms with Gasteiger partial charge in [-0.2, -0.15) is 0 Å². The van der Waals surface area contributed by atoms with Crippen molar-refractivity contribution in [2.45, 2.75) is 36.5 Å². The minimum atomic E-state index is -2.17. The number of ketones is 1. The molecule has 110 valence electrons. The molecule has 1 aromatic heterocycles. The van der Waals surface area contributed by atoms with Crippen LogP contribution in [0.25, 0.3) is 0 Å².